The number of rotatable bonds is 8. The number of carbonyl (C=O) groups excluding carboxylic acids is 2. The van der Waals surface area contributed by atoms with E-state index in [4.69, 9.17) is 0 Å². The van der Waals surface area contributed by atoms with Crippen molar-refractivity contribution >= 4 is 35.1 Å². The number of amides is 2. The molecule has 0 saturated carbocycles. The van der Waals surface area contributed by atoms with Crippen LogP contribution in [0.4, 0.5) is 11.5 Å². The van der Waals surface area contributed by atoms with Crippen molar-refractivity contribution in [3.8, 4) is 0 Å². The Kier molecular flexibility index (Phi) is 7.06. The molecule has 0 unspecified atom stereocenters. The Bertz CT molecular complexity index is 710. The van der Waals surface area contributed by atoms with Gasteiger partial charge in [0.2, 0.25) is 11.8 Å². The minimum atomic E-state index is -0.140. The number of carbonyl (C=O) groups is 2. The summed E-state index contributed by atoms with van der Waals surface area (Å²) in [6, 6.07) is 9.38. The number of hydrogen-bond acceptors (Lipinski definition) is 4. The minimum Gasteiger partial charge on any atom is -0.325 e. The van der Waals surface area contributed by atoms with Gasteiger partial charge < -0.3 is 10.6 Å². The molecule has 0 bridgehead atoms. The molecule has 0 aliphatic rings. The van der Waals surface area contributed by atoms with Gasteiger partial charge in [-0.1, -0.05) is 31.5 Å². The Morgan fingerprint density at radius 3 is 2.36 bits per heavy atom. The third kappa shape index (κ3) is 6.62. The first-order chi connectivity index (χ1) is 11.9. The number of hydrogen-bond donors (Lipinski definition) is 2. The van der Waals surface area contributed by atoms with E-state index in [1.807, 2.05) is 31.2 Å². The predicted octanol–water partition coefficient (Wildman–Crippen LogP) is 3.16. The average Bonchev–Trinajstić information content (AvgIpc) is 2.95. The molecule has 2 N–H and O–H groups in total. The summed E-state index contributed by atoms with van der Waals surface area (Å²) < 4.78 is 1.78. The summed E-state index contributed by atoms with van der Waals surface area (Å²) in [7, 11) is 0. The molecule has 2 rings (SSSR count). The molecular weight excluding hydrogens is 336 g/mol. The lowest BCUT2D eigenvalue weighted by Gasteiger charge is -2.10. The molecule has 0 fully saturated rings. The highest BCUT2D eigenvalue weighted by atomic mass is 32.2. The van der Waals surface area contributed by atoms with E-state index in [-0.39, 0.29) is 23.3 Å². The molecule has 0 aliphatic carbocycles. The zero-order valence-electron chi connectivity index (χ0n) is 14.8. The van der Waals surface area contributed by atoms with Crippen molar-refractivity contribution in [1.82, 2.24) is 9.78 Å². The number of nitrogens with one attached hydrogen (secondary N) is 2. The SMILES string of the molecule is Cc1ccc(NC(=O)CSCC(=O)Nc2ccnn2CC(C)C)cc1. The fraction of sp³-hybridized carbons (Fsp3) is 0.389. The molecule has 25 heavy (non-hydrogen) atoms. The van der Waals surface area contributed by atoms with Gasteiger partial charge in [0, 0.05) is 18.3 Å². The van der Waals surface area contributed by atoms with Crippen LogP contribution in [-0.2, 0) is 16.1 Å². The van der Waals surface area contributed by atoms with Crippen molar-refractivity contribution in [3.05, 3.63) is 42.1 Å². The van der Waals surface area contributed by atoms with Gasteiger partial charge in [-0.05, 0) is 25.0 Å². The van der Waals surface area contributed by atoms with Crippen LogP contribution in [0.1, 0.15) is 19.4 Å². The quantitative estimate of drug-likeness (QED) is 0.758. The van der Waals surface area contributed by atoms with Gasteiger partial charge in [-0.25, -0.2) is 4.68 Å². The van der Waals surface area contributed by atoms with E-state index in [0.29, 0.717) is 11.7 Å². The lowest BCUT2D eigenvalue weighted by molar-refractivity contribution is -0.114. The van der Waals surface area contributed by atoms with Crippen LogP contribution >= 0.6 is 11.8 Å². The van der Waals surface area contributed by atoms with Gasteiger partial charge in [-0.15, -0.1) is 11.8 Å². The van der Waals surface area contributed by atoms with E-state index in [2.05, 4.69) is 29.6 Å². The summed E-state index contributed by atoms with van der Waals surface area (Å²) in [6.07, 6.45) is 1.67. The maximum Gasteiger partial charge on any atom is 0.235 e. The van der Waals surface area contributed by atoms with E-state index in [9.17, 15) is 9.59 Å². The fourth-order valence-electron chi connectivity index (χ4n) is 2.18. The van der Waals surface area contributed by atoms with Crippen LogP contribution in [0, 0.1) is 12.8 Å². The molecule has 0 aliphatic heterocycles. The Morgan fingerprint density at radius 1 is 1.08 bits per heavy atom. The minimum absolute atomic E-state index is 0.119. The first-order valence-electron chi connectivity index (χ1n) is 8.20. The van der Waals surface area contributed by atoms with Crippen molar-refractivity contribution in [2.75, 3.05) is 22.1 Å². The molecule has 2 amide bonds. The van der Waals surface area contributed by atoms with Crippen LogP contribution in [0.15, 0.2) is 36.5 Å². The first-order valence-corrected chi connectivity index (χ1v) is 9.35. The normalized spacial score (nSPS) is 10.7. The maximum atomic E-state index is 12.0. The van der Waals surface area contributed by atoms with E-state index in [1.165, 1.54) is 11.8 Å². The lowest BCUT2D eigenvalue weighted by Crippen LogP contribution is -2.20. The number of benzene rings is 1. The van der Waals surface area contributed by atoms with Crippen molar-refractivity contribution in [2.24, 2.45) is 5.92 Å². The molecule has 0 atom stereocenters. The molecule has 1 aromatic carbocycles. The summed E-state index contributed by atoms with van der Waals surface area (Å²) in [5.41, 5.74) is 1.90. The summed E-state index contributed by atoms with van der Waals surface area (Å²) >= 11 is 1.28. The Hall–Kier alpha value is -2.28. The standard InChI is InChI=1S/C18H24N4O2S/c1-13(2)10-22-16(8-9-19-22)21-18(24)12-25-11-17(23)20-15-6-4-14(3)5-7-15/h4-9,13H,10-12H2,1-3H3,(H,20,23)(H,21,24). The summed E-state index contributed by atoms with van der Waals surface area (Å²) in [6.45, 7) is 6.92. The Labute approximate surface area is 152 Å². The maximum absolute atomic E-state index is 12.0. The van der Waals surface area contributed by atoms with Crippen molar-refractivity contribution in [1.29, 1.82) is 0 Å². The molecule has 134 valence electrons. The van der Waals surface area contributed by atoms with Gasteiger partial charge >= 0.3 is 0 Å². The van der Waals surface area contributed by atoms with Crippen LogP contribution in [0.25, 0.3) is 0 Å². The first kappa shape index (κ1) is 19.1. The van der Waals surface area contributed by atoms with Gasteiger partial charge in [0.05, 0.1) is 17.7 Å². The van der Waals surface area contributed by atoms with E-state index in [0.717, 1.165) is 17.8 Å². The number of thioether (sulfide) groups is 1. The molecule has 0 spiro atoms. The fourth-order valence-corrected chi connectivity index (χ4v) is 2.80. The molecule has 1 aromatic heterocycles. The smallest absolute Gasteiger partial charge is 0.235 e. The zero-order valence-corrected chi connectivity index (χ0v) is 15.6. The zero-order chi connectivity index (χ0) is 18.2. The van der Waals surface area contributed by atoms with Gasteiger partial charge in [0.15, 0.2) is 0 Å². The number of aromatic nitrogens is 2. The number of anilines is 2. The predicted molar refractivity (Wildman–Crippen MR) is 103 cm³/mol. The highest BCUT2D eigenvalue weighted by molar-refractivity contribution is 8.00. The lowest BCUT2D eigenvalue weighted by atomic mass is 10.2. The molecule has 1 heterocycles. The van der Waals surface area contributed by atoms with Crippen LogP contribution in [-0.4, -0.2) is 33.1 Å². The topological polar surface area (TPSA) is 76.0 Å². The van der Waals surface area contributed by atoms with Gasteiger partial charge in [-0.2, -0.15) is 5.10 Å². The van der Waals surface area contributed by atoms with Crippen molar-refractivity contribution < 1.29 is 9.59 Å². The third-order valence-electron chi connectivity index (χ3n) is 3.32. The summed E-state index contributed by atoms with van der Waals surface area (Å²) in [4.78, 5) is 23.9. The second-order valence-corrected chi connectivity index (χ2v) is 7.23. The second-order valence-electron chi connectivity index (χ2n) is 6.25. The Balaban J connectivity index is 1.72. The highest BCUT2D eigenvalue weighted by Gasteiger charge is 2.10. The van der Waals surface area contributed by atoms with Crippen LogP contribution < -0.4 is 10.6 Å². The molecule has 7 heteroatoms. The van der Waals surface area contributed by atoms with Crippen LogP contribution in [0.2, 0.25) is 0 Å². The number of aryl methyl sites for hydroxylation is 1. The molecule has 0 saturated heterocycles. The van der Waals surface area contributed by atoms with Crippen LogP contribution in [0.3, 0.4) is 0 Å². The van der Waals surface area contributed by atoms with E-state index in [1.54, 1.807) is 16.9 Å². The number of nitrogens with zero attached hydrogens (tertiary/aromatic N) is 2. The van der Waals surface area contributed by atoms with E-state index >= 15 is 0 Å². The monoisotopic (exact) mass is 360 g/mol. The highest BCUT2D eigenvalue weighted by Crippen LogP contribution is 2.12. The Morgan fingerprint density at radius 2 is 1.72 bits per heavy atom. The second kappa shape index (κ2) is 9.27. The molecule has 0 radical (unpaired) electrons. The van der Waals surface area contributed by atoms with Gasteiger partial charge in [0.25, 0.3) is 0 Å². The summed E-state index contributed by atoms with van der Waals surface area (Å²) in [5, 5.41) is 9.85. The molecular formula is C18H24N4O2S. The van der Waals surface area contributed by atoms with Crippen molar-refractivity contribution in [2.45, 2.75) is 27.3 Å². The van der Waals surface area contributed by atoms with Crippen molar-refractivity contribution in [3.63, 3.8) is 0 Å². The summed E-state index contributed by atoms with van der Waals surface area (Å²) in [5.74, 6) is 1.31. The average molecular weight is 360 g/mol. The van der Waals surface area contributed by atoms with Crippen LogP contribution in [0.5, 0.6) is 0 Å². The van der Waals surface area contributed by atoms with E-state index < -0.39 is 0 Å². The molecule has 2 aromatic rings. The molecule has 6 nitrogen and oxygen atoms in total. The van der Waals surface area contributed by atoms with Gasteiger partial charge in [0.1, 0.15) is 5.82 Å². The third-order valence-corrected chi connectivity index (χ3v) is 4.26. The largest absolute Gasteiger partial charge is 0.325 e. The van der Waals surface area contributed by atoms with Gasteiger partial charge in [-0.3, -0.25) is 9.59 Å².